The second-order valence-electron chi connectivity index (χ2n) is 5.32. The quantitative estimate of drug-likeness (QED) is 0.803. The van der Waals surface area contributed by atoms with Crippen molar-refractivity contribution in [3.05, 3.63) is 33.4 Å². The Morgan fingerprint density at radius 3 is 2.18 bits per heavy atom. The van der Waals surface area contributed by atoms with Gasteiger partial charge in [-0.1, -0.05) is 6.92 Å². The molecule has 0 amide bonds. The fourth-order valence-electron chi connectivity index (χ4n) is 3.25. The van der Waals surface area contributed by atoms with Gasteiger partial charge >= 0.3 is 11.9 Å². The van der Waals surface area contributed by atoms with Gasteiger partial charge in [0.2, 0.25) is 0 Å². The predicted octanol–water partition coefficient (Wildman–Crippen LogP) is 2.65. The van der Waals surface area contributed by atoms with Crippen LogP contribution in [0, 0.1) is 6.92 Å². The van der Waals surface area contributed by atoms with Gasteiger partial charge in [-0.05, 0) is 42.9 Å². The summed E-state index contributed by atoms with van der Waals surface area (Å²) in [7, 11) is 2.54. The first-order chi connectivity index (χ1) is 10.5. The number of methoxy groups -OCH3 is 2. The molecule has 0 atom stereocenters. The molecule has 0 spiro atoms. The number of ketones is 1. The summed E-state index contributed by atoms with van der Waals surface area (Å²) >= 11 is 0. The average Bonchev–Trinajstić information content (AvgIpc) is 2.53. The van der Waals surface area contributed by atoms with Crippen molar-refractivity contribution >= 4 is 17.7 Å². The molecular formula is C17H20O5. The first kappa shape index (κ1) is 16.2. The highest BCUT2D eigenvalue weighted by Crippen LogP contribution is 2.34. The third-order valence-corrected chi connectivity index (χ3v) is 4.23. The van der Waals surface area contributed by atoms with Gasteiger partial charge in [0.25, 0.3) is 0 Å². The molecule has 1 aromatic rings. The molecule has 0 bridgehead atoms. The van der Waals surface area contributed by atoms with E-state index in [1.165, 1.54) is 14.2 Å². The van der Waals surface area contributed by atoms with Gasteiger partial charge in [-0.3, -0.25) is 4.79 Å². The van der Waals surface area contributed by atoms with E-state index in [4.69, 9.17) is 9.47 Å². The summed E-state index contributed by atoms with van der Waals surface area (Å²) in [6.45, 7) is 3.68. The molecular weight excluding hydrogens is 284 g/mol. The summed E-state index contributed by atoms with van der Waals surface area (Å²) < 4.78 is 9.68. The van der Waals surface area contributed by atoms with Crippen molar-refractivity contribution in [1.82, 2.24) is 0 Å². The highest BCUT2D eigenvalue weighted by molar-refractivity contribution is 6.10. The lowest BCUT2D eigenvalue weighted by atomic mass is 9.79. The van der Waals surface area contributed by atoms with Crippen molar-refractivity contribution in [2.24, 2.45) is 0 Å². The molecule has 118 valence electrons. The summed E-state index contributed by atoms with van der Waals surface area (Å²) in [6.07, 6.45) is 2.34. The summed E-state index contributed by atoms with van der Waals surface area (Å²) in [4.78, 5) is 36.8. The van der Waals surface area contributed by atoms with Gasteiger partial charge in [0.05, 0.1) is 25.3 Å². The zero-order valence-corrected chi connectivity index (χ0v) is 13.4. The van der Waals surface area contributed by atoms with Crippen molar-refractivity contribution in [2.75, 3.05) is 14.2 Å². The van der Waals surface area contributed by atoms with Crippen LogP contribution in [0.2, 0.25) is 0 Å². The van der Waals surface area contributed by atoms with E-state index in [1.54, 1.807) is 6.92 Å². The molecule has 0 radical (unpaired) electrons. The van der Waals surface area contributed by atoms with Gasteiger partial charge < -0.3 is 9.47 Å². The van der Waals surface area contributed by atoms with Gasteiger partial charge in [-0.15, -0.1) is 0 Å². The fourth-order valence-corrected chi connectivity index (χ4v) is 3.25. The highest BCUT2D eigenvalue weighted by atomic mass is 16.5. The molecule has 0 unspecified atom stereocenters. The minimum Gasteiger partial charge on any atom is -0.465 e. The Morgan fingerprint density at radius 1 is 1.05 bits per heavy atom. The minimum absolute atomic E-state index is 0.0303. The van der Waals surface area contributed by atoms with E-state index >= 15 is 0 Å². The maximum atomic E-state index is 12.4. The van der Waals surface area contributed by atoms with Crippen LogP contribution in [0.5, 0.6) is 0 Å². The van der Waals surface area contributed by atoms with Crippen LogP contribution < -0.4 is 0 Å². The number of fused-ring (bicyclic) bond motifs is 1. The first-order valence-electron chi connectivity index (χ1n) is 7.35. The Bertz CT molecular complexity index is 658. The van der Waals surface area contributed by atoms with E-state index in [2.05, 4.69) is 0 Å². The molecule has 0 fully saturated rings. The molecule has 0 aromatic heterocycles. The van der Waals surface area contributed by atoms with Crippen LogP contribution in [0.25, 0.3) is 0 Å². The van der Waals surface area contributed by atoms with Crippen LogP contribution in [0.3, 0.4) is 0 Å². The number of esters is 2. The summed E-state index contributed by atoms with van der Waals surface area (Å²) in [6, 6.07) is 0. The smallest absolute Gasteiger partial charge is 0.339 e. The van der Waals surface area contributed by atoms with Crippen LogP contribution in [0.4, 0.5) is 0 Å². The van der Waals surface area contributed by atoms with Crippen LogP contribution in [0.15, 0.2) is 0 Å². The lowest BCUT2D eigenvalue weighted by Crippen LogP contribution is -2.24. The van der Waals surface area contributed by atoms with Crippen molar-refractivity contribution in [3.8, 4) is 0 Å². The van der Waals surface area contributed by atoms with Crippen molar-refractivity contribution < 1.29 is 23.9 Å². The van der Waals surface area contributed by atoms with Crippen LogP contribution in [-0.4, -0.2) is 31.9 Å². The van der Waals surface area contributed by atoms with Crippen molar-refractivity contribution in [2.45, 2.75) is 39.5 Å². The molecule has 2 rings (SSSR count). The minimum atomic E-state index is -0.600. The Labute approximate surface area is 129 Å². The normalized spacial score (nSPS) is 13.5. The van der Waals surface area contributed by atoms with Crippen molar-refractivity contribution in [3.63, 3.8) is 0 Å². The Kier molecular flexibility index (Phi) is 4.64. The number of ether oxygens (including phenoxy) is 2. The number of carbonyl (C=O) groups is 3. The molecule has 0 aliphatic heterocycles. The second kappa shape index (κ2) is 6.30. The first-order valence-corrected chi connectivity index (χ1v) is 7.35. The van der Waals surface area contributed by atoms with Gasteiger partial charge in [-0.2, -0.15) is 0 Å². The van der Waals surface area contributed by atoms with Crippen molar-refractivity contribution in [1.29, 1.82) is 0 Å². The van der Waals surface area contributed by atoms with E-state index < -0.39 is 11.9 Å². The van der Waals surface area contributed by atoms with Gasteiger partial charge in [0.15, 0.2) is 5.78 Å². The number of hydrogen-bond acceptors (Lipinski definition) is 5. The second-order valence-corrected chi connectivity index (χ2v) is 5.32. The topological polar surface area (TPSA) is 69.7 Å². The average molecular weight is 304 g/mol. The lowest BCUT2D eigenvalue weighted by Gasteiger charge is -2.25. The molecule has 0 saturated carbocycles. The van der Waals surface area contributed by atoms with Gasteiger partial charge in [0, 0.05) is 12.0 Å². The number of hydrogen-bond donors (Lipinski definition) is 0. The molecule has 22 heavy (non-hydrogen) atoms. The molecule has 1 aliphatic rings. The fraction of sp³-hybridized carbons (Fsp3) is 0.471. The largest absolute Gasteiger partial charge is 0.465 e. The molecule has 0 N–H and O–H groups in total. The predicted molar refractivity (Wildman–Crippen MR) is 80.5 cm³/mol. The molecule has 1 aromatic carbocycles. The summed E-state index contributed by atoms with van der Waals surface area (Å²) in [5.41, 5.74) is 3.09. The molecule has 5 nitrogen and oxygen atoms in total. The SMILES string of the molecule is CCc1c(C)c(C(=O)OC)c(C(=O)OC)c2c1C(=O)CCC2. The van der Waals surface area contributed by atoms with Gasteiger partial charge in [0.1, 0.15) is 0 Å². The van der Waals surface area contributed by atoms with E-state index in [-0.39, 0.29) is 16.9 Å². The third-order valence-electron chi connectivity index (χ3n) is 4.23. The third kappa shape index (κ3) is 2.40. The Hall–Kier alpha value is -2.17. The molecule has 1 aliphatic carbocycles. The highest BCUT2D eigenvalue weighted by Gasteiger charge is 2.33. The number of carbonyl (C=O) groups excluding carboxylic acids is 3. The van der Waals surface area contributed by atoms with Crippen LogP contribution in [-0.2, 0) is 22.3 Å². The number of benzene rings is 1. The molecule has 5 heteroatoms. The van der Waals surface area contributed by atoms with Crippen LogP contribution in [0.1, 0.15) is 67.5 Å². The maximum Gasteiger partial charge on any atom is 0.339 e. The maximum absolute atomic E-state index is 12.4. The Balaban J connectivity index is 2.93. The summed E-state index contributed by atoms with van der Waals surface area (Å²) in [5.74, 6) is -1.15. The molecule has 0 saturated heterocycles. The van der Waals surface area contributed by atoms with E-state index in [9.17, 15) is 14.4 Å². The number of rotatable bonds is 3. The van der Waals surface area contributed by atoms with Crippen LogP contribution >= 0.6 is 0 Å². The van der Waals surface area contributed by atoms with E-state index in [0.29, 0.717) is 42.4 Å². The zero-order chi connectivity index (χ0) is 16.4. The standard InChI is InChI=1S/C17H20O5/c1-5-10-9(2)13(16(19)21-3)15(17(20)22-4)11-7-6-8-12(18)14(10)11/h5-8H2,1-4H3. The Morgan fingerprint density at radius 2 is 1.64 bits per heavy atom. The summed E-state index contributed by atoms with van der Waals surface area (Å²) in [5, 5.41) is 0. The van der Waals surface area contributed by atoms with Gasteiger partial charge in [-0.25, -0.2) is 9.59 Å². The number of Topliss-reactive ketones (excluding diaryl/α,β-unsaturated/α-hetero) is 1. The molecule has 0 heterocycles. The zero-order valence-electron chi connectivity index (χ0n) is 13.4. The monoisotopic (exact) mass is 304 g/mol. The van der Waals surface area contributed by atoms with E-state index in [0.717, 1.165) is 5.56 Å². The lowest BCUT2D eigenvalue weighted by molar-refractivity contribution is 0.0552. The van der Waals surface area contributed by atoms with E-state index in [1.807, 2.05) is 6.92 Å².